The van der Waals surface area contributed by atoms with Crippen molar-refractivity contribution in [2.45, 2.75) is 341 Å². The molecule has 0 aliphatic heterocycles. The average molecular weight is 1420 g/mol. The molecule has 0 saturated carbocycles. The minimum Gasteiger partial charge on any atom is -0.462 e. The quantitative estimate of drug-likeness (QED) is 0.0169. The van der Waals surface area contributed by atoms with E-state index in [1.54, 1.807) is 0 Å². The van der Waals surface area contributed by atoms with Crippen LogP contribution in [-0.4, -0.2) is 96.7 Å². The van der Waals surface area contributed by atoms with E-state index in [1.807, 2.05) is 0 Å². The van der Waals surface area contributed by atoms with Gasteiger partial charge >= 0.3 is 39.5 Å². The smallest absolute Gasteiger partial charge is 0.462 e. The lowest BCUT2D eigenvalue weighted by molar-refractivity contribution is -0.161. The number of carbonyl (C=O) groups excluding carboxylic acids is 4. The van der Waals surface area contributed by atoms with Gasteiger partial charge in [0.05, 0.1) is 26.4 Å². The van der Waals surface area contributed by atoms with Crippen LogP contribution in [0.15, 0.2) is 97.2 Å². The van der Waals surface area contributed by atoms with E-state index in [2.05, 4.69) is 125 Å². The number of rotatable bonds is 72. The van der Waals surface area contributed by atoms with Crippen molar-refractivity contribution >= 4 is 39.5 Å². The normalized spacial score (nSPS) is 14.5. The molecule has 3 N–H and O–H groups in total. The molecule has 0 amide bonds. The first-order chi connectivity index (χ1) is 47.7. The average Bonchev–Trinajstić information content (AvgIpc) is 1.04. The molecular weight excluding hydrogens is 1280 g/mol. The van der Waals surface area contributed by atoms with Gasteiger partial charge in [0.2, 0.25) is 0 Å². The highest BCUT2D eigenvalue weighted by molar-refractivity contribution is 7.47. The lowest BCUT2D eigenvalue weighted by Gasteiger charge is -2.21. The number of phosphoric ester groups is 2. The van der Waals surface area contributed by atoms with Gasteiger partial charge in [0.15, 0.2) is 12.2 Å². The van der Waals surface area contributed by atoms with E-state index in [0.29, 0.717) is 25.7 Å². The zero-order chi connectivity index (χ0) is 71.8. The summed E-state index contributed by atoms with van der Waals surface area (Å²) in [6.45, 7) is 4.62. The number of aliphatic hydroxyl groups is 1. The van der Waals surface area contributed by atoms with Gasteiger partial charge in [0.1, 0.15) is 19.3 Å². The summed E-state index contributed by atoms with van der Waals surface area (Å²) >= 11 is 0. The van der Waals surface area contributed by atoms with Gasteiger partial charge in [0.25, 0.3) is 0 Å². The van der Waals surface area contributed by atoms with Gasteiger partial charge in [-0.05, 0) is 141 Å². The molecule has 0 aliphatic rings. The van der Waals surface area contributed by atoms with Gasteiger partial charge in [-0.25, -0.2) is 9.13 Å². The molecule has 0 heterocycles. The van der Waals surface area contributed by atoms with Gasteiger partial charge in [0, 0.05) is 25.7 Å². The Labute approximate surface area is 595 Å². The molecule has 0 aromatic rings. The predicted molar refractivity (Wildman–Crippen MR) is 399 cm³/mol. The van der Waals surface area contributed by atoms with Crippen LogP contribution in [-0.2, 0) is 65.4 Å². The molecule has 5 unspecified atom stereocenters. The summed E-state index contributed by atoms with van der Waals surface area (Å²) in [6, 6.07) is 0. The SMILES string of the molecule is CC/C=C\C/C=C\C/C=C\C/C=C\CCCCC(=O)OCC(COP(=O)(O)OCC(O)COP(=O)(O)OCC(COC(=O)CCCCCCC/C=C\CCCCCCCC)OC(=O)CCCCCCC/C=C\C/C=C\CCC)OC(=O)CCCCCCC/C=C\CCCCCCCC. The van der Waals surface area contributed by atoms with Crippen molar-refractivity contribution < 1.29 is 80.2 Å². The second-order valence-electron chi connectivity index (χ2n) is 25.6. The number of esters is 4. The highest BCUT2D eigenvalue weighted by atomic mass is 31.2. The summed E-state index contributed by atoms with van der Waals surface area (Å²) < 4.78 is 68.4. The van der Waals surface area contributed by atoms with Crippen molar-refractivity contribution in [3.63, 3.8) is 0 Å². The molecule has 0 aliphatic carbocycles. The Balaban J connectivity index is 5.39. The predicted octanol–water partition coefficient (Wildman–Crippen LogP) is 22.0. The van der Waals surface area contributed by atoms with Crippen LogP contribution in [0.4, 0.5) is 0 Å². The standard InChI is InChI=1S/C79H138O17P2/c1-5-9-13-17-21-25-29-33-36-40-43-47-51-55-59-63-76(81)89-69-74(95-78(83)65-61-57-53-49-45-39-32-28-24-20-16-12-8-4)71-93-97(85,86)91-67-73(80)68-92-98(87,88)94-72-75(96-79(84)66-62-58-54-50-46-42-38-35-31-27-23-19-15-11-7-3)70-90-77(82)64-60-56-52-48-44-41-37-34-30-26-22-18-14-10-6-2/h10,14,16,20,22,26,28,32-38,44,48,73-75,80H,5-9,11-13,15,17-19,21,23-25,27,29-31,39-43,45-47,49-72H2,1-4H3,(H,85,86)(H,87,88)/b14-10-,20-16-,26-22-,32-28-,36-33-,37-34-,38-35-,48-44-. The first-order valence-electron chi connectivity index (χ1n) is 38.5. The van der Waals surface area contributed by atoms with Crippen molar-refractivity contribution in [2.24, 2.45) is 0 Å². The largest absolute Gasteiger partial charge is 0.472 e. The second kappa shape index (κ2) is 71.4. The highest BCUT2D eigenvalue weighted by Crippen LogP contribution is 2.45. The summed E-state index contributed by atoms with van der Waals surface area (Å²) in [5.74, 6) is -2.25. The molecule has 0 aromatic heterocycles. The third kappa shape index (κ3) is 70.4. The van der Waals surface area contributed by atoms with Crippen molar-refractivity contribution in [1.29, 1.82) is 0 Å². The molecule has 0 radical (unpaired) electrons. The first kappa shape index (κ1) is 94.0. The summed E-state index contributed by atoms with van der Waals surface area (Å²) in [4.78, 5) is 72.8. The fourth-order valence-electron chi connectivity index (χ4n) is 10.1. The molecule has 0 saturated heterocycles. The molecule has 0 rings (SSSR count). The van der Waals surface area contributed by atoms with Crippen molar-refractivity contribution in [3.8, 4) is 0 Å². The van der Waals surface area contributed by atoms with Gasteiger partial charge in [-0.3, -0.25) is 37.3 Å². The molecular formula is C79H138O17P2. The fourth-order valence-corrected chi connectivity index (χ4v) is 11.7. The molecule has 5 atom stereocenters. The molecule has 0 fully saturated rings. The summed E-state index contributed by atoms with van der Waals surface area (Å²) in [5, 5.41) is 10.6. The van der Waals surface area contributed by atoms with E-state index in [4.69, 9.17) is 37.0 Å². The maximum absolute atomic E-state index is 13.1. The molecule has 0 spiro atoms. The van der Waals surface area contributed by atoms with Crippen LogP contribution in [0.2, 0.25) is 0 Å². The third-order valence-corrected chi connectivity index (χ3v) is 17.9. The number of allylic oxidation sites excluding steroid dienone is 16. The number of aliphatic hydroxyl groups excluding tert-OH is 1. The van der Waals surface area contributed by atoms with E-state index < -0.39 is 97.5 Å². The monoisotopic (exact) mass is 1420 g/mol. The lowest BCUT2D eigenvalue weighted by atomic mass is 10.1. The maximum atomic E-state index is 13.1. The van der Waals surface area contributed by atoms with Crippen LogP contribution in [0, 0.1) is 0 Å². The number of ether oxygens (including phenoxy) is 4. The molecule has 98 heavy (non-hydrogen) atoms. The molecule has 0 bridgehead atoms. The zero-order valence-corrected chi connectivity index (χ0v) is 63.5. The highest BCUT2D eigenvalue weighted by Gasteiger charge is 2.30. The van der Waals surface area contributed by atoms with Crippen molar-refractivity contribution in [2.75, 3.05) is 39.6 Å². The van der Waals surface area contributed by atoms with Crippen LogP contribution in [0.3, 0.4) is 0 Å². The van der Waals surface area contributed by atoms with E-state index in [9.17, 15) is 43.2 Å². The Bertz CT molecular complexity index is 2240. The molecule has 0 aromatic carbocycles. The number of hydrogen-bond acceptors (Lipinski definition) is 15. The van der Waals surface area contributed by atoms with Crippen molar-refractivity contribution in [3.05, 3.63) is 97.2 Å². The maximum Gasteiger partial charge on any atom is 0.472 e. The van der Waals surface area contributed by atoms with Gasteiger partial charge in [-0.1, -0.05) is 253 Å². The Morgan fingerprint density at radius 2 is 0.551 bits per heavy atom. The van der Waals surface area contributed by atoms with E-state index >= 15 is 0 Å². The number of phosphoric acid groups is 2. The van der Waals surface area contributed by atoms with Crippen LogP contribution in [0.25, 0.3) is 0 Å². The van der Waals surface area contributed by atoms with Gasteiger partial charge in [-0.15, -0.1) is 0 Å². The van der Waals surface area contributed by atoms with E-state index in [-0.39, 0.29) is 25.7 Å². The molecule has 17 nitrogen and oxygen atoms in total. The van der Waals surface area contributed by atoms with E-state index in [0.717, 1.165) is 167 Å². The zero-order valence-electron chi connectivity index (χ0n) is 61.7. The summed E-state index contributed by atoms with van der Waals surface area (Å²) in [6.07, 6.45) is 74.0. The topological polar surface area (TPSA) is 237 Å². The number of carbonyl (C=O) groups is 4. The third-order valence-electron chi connectivity index (χ3n) is 16.0. The summed E-state index contributed by atoms with van der Waals surface area (Å²) in [5.41, 5.74) is 0. The number of hydrogen-bond donors (Lipinski definition) is 3. The second-order valence-corrected chi connectivity index (χ2v) is 28.5. The Kier molecular flexibility index (Phi) is 68.4. The minimum absolute atomic E-state index is 0.0757. The van der Waals surface area contributed by atoms with Crippen LogP contribution in [0.5, 0.6) is 0 Å². The minimum atomic E-state index is -4.98. The first-order valence-corrected chi connectivity index (χ1v) is 41.5. The Hall–Kier alpha value is -4.02. The van der Waals surface area contributed by atoms with Crippen LogP contribution in [0.1, 0.15) is 323 Å². The molecule has 566 valence electrons. The van der Waals surface area contributed by atoms with Crippen molar-refractivity contribution in [1.82, 2.24) is 0 Å². The molecule has 19 heteroatoms. The number of unbranched alkanes of at least 4 members (excludes halogenated alkanes) is 30. The van der Waals surface area contributed by atoms with Gasteiger partial charge in [-0.2, -0.15) is 0 Å². The van der Waals surface area contributed by atoms with E-state index in [1.165, 1.54) is 77.0 Å². The van der Waals surface area contributed by atoms with Crippen LogP contribution >= 0.6 is 15.6 Å². The Morgan fingerprint density at radius 1 is 0.296 bits per heavy atom. The lowest BCUT2D eigenvalue weighted by Crippen LogP contribution is -2.30. The van der Waals surface area contributed by atoms with Crippen LogP contribution < -0.4 is 0 Å². The summed E-state index contributed by atoms with van der Waals surface area (Å²) in [7, 11) is -9.96. The fraction of sp³-hybridized carbons (Fsp3) is 0.747. The van der Waals surface area contributed by atoms with Gasteiger partial charge < -0.3 is 33.8 Å². The Morgan fingerprint density at radius 3 is 0.888 bits per heavy atom.